The van der Waals surface area contributed by atoms with E-state index in [2.05, 4.69) is 12.0 Å². The van der Waals surface area contributed by atoms with Crippen LogP contribution in [0.4, 0.5) is 4.39 Å². The maximum absolute atomic E-state index is 12.6. The fourth-order valence-electron chi connectivity index (χ4n) is 1.18. The highest BCUT2D eigenvalue weighted by Crippen LogP contribution is 2.18. The molecule has 1 atom stereocenters. The van der Waals surface area contributed by atoms with Crippen LogP contribution in [0.2, 0.25) is 0 Å². The number of hydrazine groups is 1. The van der Waals surface area contributed by atoms with Crippen molar-refractivity contribution in [2.75, 3.05) is 0 Å². The van der Waals surface area contributed by atoms with Crippen molar-refractivity contribution in [2.24, 2.45) is 5.84 Å². The first-order valence-electron chi connectivity index (χ1n) is 4.02. The predicted molar refractivity (Wildman–Crippen MR) is 51.3 cm³/mol. The van der Waals surface area contributed by atoms with Gasteiger partial charge in [0.2, 0.25) is 0 Å². The van der Waals surface area contributed by atoms with Gasteiger partial charge in [0.25, 0.3) is 0 Å². The summed E-state index contributed by atoms with van der Waals surface area (Å²) in [6.07, 6.45) is 0. The fourth-order valence-corrected chi connectivity index (χ4v) is 1.18. The van der Waals surface area contributed by atoms with E-state index in [0.29, 0.717) is 0 Å². The number of rotatable bonds is 3. The van der Waals surface area contributed by atoms with Gasteiger partial charge in [-0.1, -0.05) is 24.3 Å². The van der Waals surface area contributed by atoms with Crippen LogP contribution in [0.25, 0.3) is 0 Å². The topological polar surface area (TPSA) is 38.0 Å². The lowest BCUT2D eigenvalue weighted by Gasteiger charge is -2.15. The Balaban J connectivity index is 2.92. The largest absolute Gasteiger partial charge is 0.271 e. The van der Waals surface area contributed by atoms with E-state index in [0.717, 1.165) is 11.1 Å². The van der Waals surface area contributed by atoms with Crippen molar-refractivity contribution in [3.63, 3.8) is 0 Å². The Morgan fingerprint density at radius 1 is 1.46 bits per heavy atom. The molecule has 0 aliphatic rings. The molecule has 0 aliphatic heterocycles. The third-order valence-electron chi connectivity index (χ3n) is 1.86. The molecule has 0 aromatic heterocycles. The van der Waals surface area contributed by atoms with Crippen LogP contribution in [0.15, 0.2) is 36.4 Å². The second-order valence-corrected chi connectivity index (χ2v) is 3.00. The molecule has 0 aliphatic carbocycles. The summed E-state index contributed by atoms with van der Waals surface area (Å²) in [6, 6.07) is 6.08. The quantitative estimate of drug-likeness (QED) is 0.423. The van der Waals surface area contributed by atoms with Gasteiger partial charge in [-0.2, -0.15) is 0 Å². The molecule has 0 saturated heterocycles. The lowest BCUT2D eigenvalue weighted by Crippen LogP contribution is -2.28. The summed E-state index contributed by atoms with van der Waals surface area (Å²) in [4.78, 5) is 0. The zero-order valence-electron chi connectivity index (χ0n) is 7.55. The zero-order chi connectivity index (χ0) is 9.84. The SMILES string of the molecule is C=C(C)C(NN)c1ccc(F)cc1. The molecule has 0 spiro atoms. The minimum atomic E-state index is -0.249. The summed E-state index contributed by atoms with van der Waals surface area (Å²) in [7, 11) is 0. The minimum Gasteiger partial charge on any atom is -0.271 e. The molecule has 3 heteroatoms. The normalized spacial score (nSPS) is 12.5. The summed E-state index contributed by atoms with van der Waals surface area (Å²) in [5.41, 5.74) is 4.43. The lowest BCUT2D eigenvalue weighted by atomic mass is 10.0. The van der Waals surface area contributed by atoms with Crippen molar-refractivity contribution >= 4 is 0 Å². The van der Waals surface area contributed by atoms with Gasteiger partial charge in [0.1, 0.15) is 5.82 Å². The molecule has 0 bridgehead atoms. The van der Waals surface area contributed by atoms with E-state index >= 15 is 0 Å². The highest BCUT2D eigenvalue weighted by atomic mass is 19.1. The summed E-state index contributed by atoms with van der Waals surface area (Å²) in [5.74, 6) is 5.09. The van der Waals surface area contributed by atoms with Gasteiger partial charge in [0.15, 0.2) is 0 Å². The third-order valence-corrected chi connectivity index (χ3v) is 1.86. The molecule has 0 saturated carbocycles. The maximum atomic E-state index is 12.6. The molecule has 1 aromatic rings. The van der Waals surface area contributed by atoms with E-state index in [1.807, 2.05) is 6.92 Å². The smallest absolute Gasteiger partial charge is 0.123 e. The summed E-state index contributed by atoms with van der Waals surface area (Å²) in [6.45, 7) is 5.66. The van der Waals surface area contributed by atoms with Crippen molar-refractivity contribution < 1.29 is 4.39 Å². The van der Waals surface area contributed by atoms with Gasteiger partial charge >= 0.3 is 0 Å². The molecule has 0 amide bonds. The number of nitrogens with two attached hydrogens (primary N) is 1. The highest BCUT2D eigenvalue weighted by Gasteiger charge is 2.09. The molecule has 1 rings (SSSR count). The second kappa shape index (κ2) is 4.16. The van der Waals surface area contributed by atoms with Crippen LogP contribution in [0.1, 0.15) is 18.5 Å². The summed E-state index contributed by atoms with van der Waals surface area (Å²) >= 11 is 0. The number of hydrogen-bond donors (Lipinski definition) is 2. The zero-order valence-corrected chi connectivity index (χ0v) is 7.55. The maximum Gasteiger partial charge on any atom is 0.123 e. The van der Waals surface area contributed by atoms with Crippen LogP contribution >= 0.6 is 0 Å². The van der Waals surface area contributed by atoms with Gasteiger partial charge in [-0.05, 0) is 24.6 Å². The minimum absolute atomic E-state index is 0.111. The number of hydrogen-bond acceptors (Lipinski definition) is 2. The van der Waals surface area contributed by atoms with Crippen molar-refractivity contribution in [1.82, 2.24) is 5.43 Å². The Morgan fingerprint density at radius 3 is 2.38 bits per heavy atom. The van der Waals surface area contributed by atoms with E-state index in [-0.39, 0.29) is 11.9 Å². The Morgan fingerprint density at radius 2 is 2.00 bits per heavy atom. The number of nitrogens with one attached hydrogen (secondary N) is 1. The second-order valence-electron chi connectivity index (χ2n) is 3.00. The van der Waals surface area contributed by atoms with Crippen LogP contribution < -0.4 is 11.3 Å². The Labute approximate surface area is 77.2 Å². The lowest BCUT2D eigenvalue weighted by molar-refractivity contribution is 0.611. The average molecular weight is 180 g/mol. The molecule has 70 valence electrons. The Bertz CT molecular complexity index is 292. The first kappa shape index (κ1) is 9.89. The molecule has 2 nitrogen and oxygen atoms in total. The van der Waals surface area contributed by atoms with Crippen molar-refractivity contribution in [1.29, 1.82) is 0 Å². The van der Waals surface area contributed by atoms with Crippen molar-refractivity contribution in [3.8, 4) is 0 Å². The first-order chi connectivity index (χ1) is 6.15. The summed E-state index contributed by atoms with van der Waals surface area (Å²) < 4.78 is 12.6. The molecule has 0 fully saturated rings. The monoisotopic (exact) mass is 180 g/mol. The van der Waals surface area contributed by atoms with Gasteiger partial charge in [-0.25, -0.2) is 9.82 Å². The fraction of sp³-hybridized carbons (Fsp3) is 0.200. The molecule has 0 radical (unpaired) electrons. The van der Waals surface area contributed by atoms with E-state index in [4.69, 9.17) is 5.84 Å². The molecule has 1 unspecified atom stereocenters. The average Bonchev–Trinajstić information content (AvgIpc) is 2.09. The Kier molecular flexibility index (Phi) is 3.17. The van der Waals surface area contributed by atoms with Crippen LogP contribution in [0.5, 0.6) is 0 Å². The van der Waals surface area contributed by atoms with E-state index in [9.17, 15) is 4.39 Å². The van der Waals surface area contributed by atoms with Gasteiger partial charge in [0.05, 0.1) is 6.04 Å². The molecular formula is C10H13FN2. The van der Waals surface area contributed by atoms with Gasteiger partial charge in [-0.15, -0.1) is 0 Å². The molecule has 3 N–H and O–H groups in total. The molecule has 0 heterocycles. The first-order valence-corrected chi connectivity index (χ1v) is 4.02. The van der Waals surface area contributed by atoms with Gasteiger partial charge in [0, 0.05) is 0 Å². The van der Waals surface area contributed by atoms with Crippen molar-refractivity contribution in [3.05, 3.63) is 47.8 Å². The third kappa shape index (κ3) is 2.37. The number of halogens is 1. The molecule has 1 aromatic carbocycles. The highest BCUT2D eigenvalue weighted by molar-refractivity contribution is 5.26. The van der Waals surface area contributed by atoms with E-state index in [1.54, 1.807) is 12.1 Å². The van der Waals surface area contributed by atoms with Crippen LogP contribution in [0, 0.1) is 5.82 Å². The number of benzene rings is 1. The van der Waals surface area contributed by atoms with Crippen LogP contribution in [0.3, 0.4) is 0 Å². The van der Waals surface area contributed by atoms with Gasteiger partial charge in [-0.3, -0.25) is 5.84 Å². The van der Waals surface area contributed by atoms with Crippen LogP contribution in [-0.4, -0.2) is 0 Å². The predicted octanol–water partition coefficient (Wildman–Crippen LogP) is 1.91. The van der Waals surface area contributed by atoms with Crippen molar-refractivity contribution in [2.45, 2.75) is 13.0 Å². The Hall–Kier alpha value is -1.19. The standard InChI is InChI=1S/C10H13FN2/c1-7(2)10(13-12)8-3-5-9(11)6-4-8/h3-6,10,13H,1,12H2,2H3. The van der Waals surface area contributed by atoms with E-state index < -0.39 is 0 Å². The van der Waals surface area contributed by atoms with E-state index in [1.165, 1.54) is 12.1 Å². The molecular weight excluding hydrogens is 167 g/mol. The summed E-state index contributed by atoms with van der Waals surface area (Å²) in [5, 5.41) is 0. The van der Waals surface area contributed by atoms with Gasteiger partial charge < -0.3 is 0 Å². The molecule has 13 heavy (non-hydrogen) atoms. The van der Waals surface area contributed by atoms with Crippen LogP contribution in [-0.2, 0) is 0 Å².